The van der Waals surface area contributed by atoms with E-state index in [9.17, 15) is 0 Å². The van der Waals surface area contributed by atoms with Gasteiger partial charge < -0.3 is 5.11 Å². The molecule has 21 heavy (non-hydrogen) atoms. The molecular formula is C16H25N3O2. The van der Waals surface area contributed by atoms with Crippen molar-refractivity contribution in [3.8, 4) is 0 Å². The second kappa shape index (κ2) is 9.91. The van der Waals surface area contributed by atoms with E-state index in [0.717, 1.165) is 24.5 Å². The fourth-order valence-electron chi connectivity index (χ4n) is 2.12. The van der Waals surface area contributed by atoms with Crippen molar-refractivity contribution in [2.75, 3.05) is 0 Å². The number of carbonyl (C=O) groups is 1. The minimum Gasteiger partial charge on any atom is -0.481 e. The Balaban J connectivity index is 0.000000491. The summed E-state index contributed by atoms with van der Waals surface area (Å²) in [6.45, 7) is 4.33. The van der Waals surface area contributed by atoms with E-state index in [4.69, 9.17) is 9.90 Å². The van der Waals surface area contributed by atoms with Crippen LogP contribution in [0.25, 0.3) is 11.0 Å². The van der Waals surface area contributed by atoms with Crippen LogP contribution < -0.4 is 0 Å². The summed E-state index contributed by atoms with van der Waals surface area (Å²) in [5, 5.41) is 15.8. The van der Waals surface area contributed by atoms with Crippen LogP contribution in [-0.4, -0.2) is 26.1 Å². The number of rotatable bonds is 7. The predicted molar refractivity (Wildman–Crippen MR) is 84.2 cm³/mol. The van der Waals surface area contributed by atoms with E-state index < -0.39 is 5.97 Å². The van der Waals surface area contributed by atoms with E-state index >= 15 is 0 Å². The Labute approximate surface area is 126 Å². The molecule has 2 rings (SSSR count). The minimum absolute atomic E-state index is 0.833. The van der Waals surface area contributed by atoms with Crippen molar-refractivity contribution < 1.29 is 9.90 Å². The second-order valence-electron chi connectivity index (χ2n) is 5.09. The summed E-state index contributed by atoms with van der Waals surface area (Å²) < 4.78 is 2.02. The number of hydrogen-bond donors (Lipinski definition) is 1. The topological polar surface area (TPSA) is 68.0 Å². The predicted octanol–water partition coefficient (Wildman–Crippen LogP) is 3.88. The first-order valence-electron chi connectivity index (χ1n) is 7.63. The SMILES string of the molecule is CC(=O)O.CCCCCCCCn1nnc2ccccc21. The van der Waals surface area contributed by atoms with Gasteiger partial charge in [0.05, 0.1) is 5.52 Å². The van der Waals surface area contributed by atoms with Crippen molar-refractivity contribution >= 4 is 17.0 Å². The lowest BCUT2D eigenvalue weighted by Crippen LogP contribution is -2.00. The lowest BCUT2D eigenvalue weighted by atomic mass is 10.1. The average Bonchev–Trinajstić information content (AvgIpc) is 2.86. The molecule has 1 aromatic carbocycles. The van der Waals surface area contributed by atoms with Gasteiger partial charge in [-0.1, -0.05) is 56.4 Å². The van der Waals surface area contributed by atoms with Crippen LogP contribution in [0.5, 0.6) is 0 Å². The van der Waals surface area contributed by atoms with Gasteiger partial charge in [-0.3, -0.25) is 4.79 Å². The normalized spacial score (nSPS) is 10.2. The molecule has 1 heterocycles. The van der Waals surface area contributed by atoms with Crippen LogP contribution in [0, 0.1) is 0 Å². The highest BCUT2D eigenvalue weighted by molar-refractivity contribution is 5.73. The third-order valence-corrected chi connectivity index (χ3v) is 3.14. The molecule has 0 saturated carbocycles. The average molecular weight is 291 g/mol. The van der Waals surface area contributed by atoms with Gasteiger partial charge in [-0.15, -0.1) is 5.10 Å². The van der Waals surface area contributed by atoms with E-state index in [2.05, 4.69) is 23.3 Å². The zero-order chi connectivity index (χ0) is 15.5. The smallest absolute Gasteiger partial charge is 0.300 e. The molecule has 0 radical (unpaired) electrons. The molecule has 0 aliphatic carbocycles. The number of unbranched alkanes of at least 4 members (excludes halogenated alkanes) is 5. The maximum Gasteiger partial charge on any atom is 0.300 e. The van der Waals surface area contributed by atoms with Crippen molar-refractivity contribution in [3.05, 3.63) is 24.3 Å². The molecule has 5 nitrogen and oxygen atoms in total. The van der Waals surface area contributed by atoms with E-state index in [-0.39, 0.29) is 0 Å². The third kappa shape index (κ3) is 6.88. The summed E-state index contributed by atoms with van der Waals surface area (Å²) in [5.41, 5.74) is 2.15. The van der Waals surface area contributed by atoms with Gasteiger partial charge in [-0.2, -0.15) is 0 Å². The highest BCUT2D eigenvalue weighted by atomic mass is 16.4. The van der Waals surface area contributed by atoms with Gasteiger partial charge in [0.2, 0.25) is 0 Å². The van der Waals surface area contributed by atoms with Crippen molar-refractivity contribution in [2.45, 2.75) is 58.9 Å². The largest absolute Gasteiger partial charge is 0.481 e. The van der Waals surface area contributed by atoms with E-state index in [0.29, 0.717) is 0 Å². The van der Waals surface area contributed by atoms with Gasteiger partial charge in [0.15, 0.2) is 0 Å². The number of benzene rings is 1. The quantitative estimate of drug-likeness (QED) is 0.786. The molecule has 0 atom stereocenters. The fraction of sp³-hybridized carbons (Fsp3) is 0.562. The number of fused-ring (bicyclic) bond motifs is 1. The van der Waals surface area contributed by atoms with Gasteiger partial charge in [-0.25, -0.2) is 4.68 Å². The second-order valence-corrected chi connectivity index (χ2v) is 5.09. The van der Waals surface area contributed by atoms with Crippen molar-refractivity contribution in [1.82, 2.24) is 15.0 Å². The van der Waals surface area contributed by atoms with Crippen LogP contribution >= 0.6 is 0 Å². The van der Waals surface area contributed by atoms with Gasteiger partial charge in [0.25, 0.3) is 5.97 Å². The number of hydrogen-bond acceptors (Lipinski definition) is 3. The maximum atomic E-state index is 9.00. The number of aryl methyl sites for hydroxylation is 1. The van der Waals surface area contributed by atoms with Gasteiger partial charge in [-0.05, 0) is 18.6 Å². The summed E-state index contributed by atoms with van der Waals surface area (Å²) in [6, 6.07) is 8.15. The highest BCUT2D eigenvalue weighted by Gasteiger charge is 2.02. The van der Waals surface area contributed by atoms with E-state index in [1.54, 1.807) is 0 Å². The van der Waals surface area contributed by atoms with Gasteiger partial charge >= 0.3 is 0 Å². The Morgan fingerprint density at radius 1 is 1.14 bits per heavy atom. The van der Waals surface area contributed by atoms with Crippen molar-refractivity contribution in [2.24, 2.45) is 0 Å². The van der Waals surface area contributed by atoms with E-state index in [1.165, 1.54) is 38.5 Å². The van der Waals surface area contributed by atoms with Crippen LogP contribution in [0.4, 0.5) is 0 Å². The molecule has 0 amide bonds. The van der Waals surface area contributed by atoms with E-state index in [1.807, 2.05) is 22.9 Å². The first kappa shape index (κ1) is 17.1. The Morgan fingerprint density at radius 2 is 1.76 bits per heavy atom. The van der Waals surface area contributed by atoms with Gasteiger partial charge in [0.1, 0.15) is 5.52 Å². The molecule has 0 spiro atoms. The molecule has 0 unspecified atom stereocenters. The molecule has 1 N–H and O–H groups in total. The number of carboxylic acids is 1. The minimum atomic E-state index is -0.833. The summed E-state index contributed by atoms with van der Waals surface area (Å²) in [5.74, 6) is -0.833. The molecule has 0 saturated heterocycles. The van der Waals surface area contributed by atoms with Crippen LogP contribution in [0.2, 0.25) is 0 Å². The Hall–Kier alpha value is -1.91. The number of para-hydroxylation sites is 1. The molecular weight excluding hydrogens is 266 g/mol. The van der Waals surface area contributed by atoms with Crippen LogP contribution in [0.1, 0.15) is 52.4 Å². The number of nitrogens with zero attached hydrogens (tertiary/aromatic N) is 3. The first-order valence-corrected chi connectivity index (χ1v) is 7.63. The lowest BCUT2D eigenvalue weighted by Gasteiger charge is -2.02. The molecule has 0 aliphatic rings. The molecule has 2 aromatic rings. The zero-order valence-corrected chi connectivity index (χ0v) is 13.0. The summed E-state index contributed by atoms with van der Waals surface area (Å²) in [7, 11) is 0. The van der Waals surface area contributed by atoms with Gasteiger partial charge in [0, 0.05) is 13.5 Å². The summed E-state index contributed by atoms with van der Waals surface area (Å²) in [4.78, 5) is 9.00. The van der Waals surface area contributed by atoms with Crippen molar-refractivity contribution in [1.29, 1.82) is 0 Å². The molecule has 0 bridgehead atoms. The van der Waals surface area contributed by atoms with Crippen LogP contribution in [0.15, 0.2) is 24.3 Å². The molecule has 0 fully saturated rings. The highest BCUT2D eigenvalue weighted by Crippen LogP contribution is 2.11. The van der Waals surface area contributed by atoms with Crippen LogP contribution in [-0.2, 0) is 11.3 Å². The monoisotopic (exact) mass is 291 g/mol. The third-order valence-electron chi connectivity index (χ3n) is 3.14. The Bertz CT molecular complexity index is 533. The zero-order valence-electron chi connectivity index (χ0n) is 13.0. The van der Waals surface area contributed by atoms with Crippen LogP contribution in [0.3, 0.4) is 0 Å². The molecule has 0 aliphatic heterocycles. The maximum absolute atomic E-state index is 9.00. The summed E-state index contributed by atoms with van der Waals surface area (Å²) in [6.07, 6.45) is 7.90. The number of aliphatic carboxylic acids is 1. The summed E-state index contributed by atoms with van der Waals surface area (Å²) >= 11 is 0. The Morgan fingerprint density at radius 3 is 2.48 bits per heavy atom. The number of carboxylic acid groups (broad SMARTS) is 1. The molecule has 1 aromatic heterocycles. The Kier molecular flexibility index (Phi) is 8.09. The molecule has 5 heteroatoms. The fourth-order valence-corrected chi connectivity index (χ4v) is 2.12. The lowest BCUT2D eigenvalue weighted by molar-refractivity contribution is -0.134. The first-order chi connectivity index (χ1) is 10.1. The van der Waals surface area contributed by atoms with Crippen molar-refractivity contribution in [3.63, 3.8) is 0 Å². The standard InChI is InChI=1S/C14H21N3.C2H4O2/c1-2-3-4-5-6-9-12-17-14-11-8-7-10-13(14)15-16-17;1-2(3)4/h7-8,10-11H,2-6,9,12H2,1H3;1H3,(H,3,4). The molecule has 116 valence electrons. The number of aromatic nitrogens is 3.